The molecule has 0 unspecified atom stereocenters. The van der Waals surface area contributed by atoms with Crippen LogP contribution < -0.4 is 0 Å². The molecule has 0 atom stereocenters. The van der Waals surface area contributed by atoms with Gasteiger partial charge < -0.3 is 10.2 Å². The van der Waals surface area contributed by atoms with Crippen molar-refractivity contribution in [3.63, 3.8) is 0 Å². The summed E-state index contributed by atoms with van der Waals surface area (Å²) in [4.78, 5) is 9.98. The molecule has 8 heteroatoms. The average Bonchev–Trinajstić information content (AvgIpc) is 2.00. The first-order valence-electron chi connectivity index (χ1n) is 3.67. The molecule has 0 fully saturated rings. The summed E-state index contributed by atoms with van der Waals surface area (Å²) in [6.45, 7) is -0.593. The van der Waals surface area contributed by atoms with Crippen molar-refractivity contribution < 1.29 is 27.6 Å². The Morgan fingerprint density at radius 1 is 1.36 bits per heavy atom. The predicted octanol–water partition coefficient (Wildman–Crippen LogP) is -1.46. The Balaban J connectivity index is 0. The first kappa shape index (κ1) is 16.8. The standard InChI is InChI=1S/C6H12O6S.Na.H/c7-3-1-5-13(10,11)12-4-2-6(8)9;;/h7H,1-5H2,(H,8,9);;. The molecule has 0 aromatic heterocycles. The fraction of sp³-hybridized carbons (Fsp3) is 0.833. The third-order valence-electron chi connectivity index (χ3n) is 1.13. The maximum atomic E-state index is 10.8. The molecule has 6 nitrogen and oxygen atoms in total. The summed E-state index contributed by atoms with van der Waals surface area (Å²) >= 11 is 0. The zero-order chi connectivity index (χ0) is 10.3. The third kappa shape index (κ3) is 10.4. The molecule has 0 aliphatic heterocycles. The second-order valence-electron chi connectivity index (χ2n) is 2.30. The topological polar surface area (TPSA) is 101 Å². The number of hydrogen-bond donors (Lipinski definition) is 2. The van der Waals surface area contributed by atoms with Crippen LogP contribution in [-0.2, 0) is 19.1 Å². The Bertz CT molecular complexity index is 249. The third-order valence-corrected chi connectivity index (χ3v) is 2.45. The van der Waals surface area contributed by atoms with Gasteiger partial charge in [-0.1, -0.05) is 0 Å². The zero-order valence-corrected chi connectivity index (χ0v) is 7.79. The van der Waals surface area contributed by atoms with E-state index in [0.717, 1.165) is 0 Å². The molecule has 0 saturated carbocycles. The van der Waals surface area contributed by atoms with E-state index in [1.165, 1.54) is 0 Å². The van der Waals surface area contributed by atoms with Gasteiger partial charge in [-0.25, -0.2) is 0 Å². The van der Waals surface area contributed by atoms with Crippen molar-refractivity contribution in [2.24, 2.45) is 0 Å². The minimum atomic E-state index is -3.66. The molecular weight excluding hydrogens is 223 g/mol. The molecule has 0 spiro atoms. The molecule has 0 aliphatic carbocycles. The van der Waals surface area contributed by atoms with Gasteiger partial charge in [0.2, 0.25) is 0 Å². The number of hydrogen-bond acceptors (Lipinski definition) is 5. The van der Waals surface area contributed by atoms with Crippen LogP contribution in [-0.4, -0.2) is 73.1 Å². The van der Waals surface area contributed by atoms with Gasteiger partial charge in [0.15, 0.2) is 0 Å². The first-order chi connectivity index (χ1) is 5.98. The van der Waals surface area contributed by atoms with Crippen LogP contribution in [0.1, 0.15) is 12.8 Å². The summed E-state index contributed by atoms with van der Waals surface area (Å²) in [5, 5.41) is 16.5. The summed E-state index contributed by atoms with van der Waals surface area (Å²) < 4.78 is 26.0. The van der Waals surface area contributed by atoms with Gasteiger partial charge in [-0.2, -0.15) is 8.42 Å². The summed E-state index contributed by atoms with van der Waals surface area (Å²) in [6.07, 6.45) is -0.256. The van der Waals surface area contributed by atoms with E-state index in [-0.39, 0.29) is 61.4 Å². The van der Waals surface area contributed by atoms with Crippen molar-refractivity contribution in [1.82, 2.24) is 0 Å². The molecule has 0 aromatic rings. The number of carbonyl (C=O) groups is 1. The molecule has 0 radical (unpaired) electrons. The maximum absolute atomic E-state index is 10.8. The summed E-state index contributed by atoms with van der Waals surface area (Å²) in [6, 6.07) is 0. The quantitative estimate of drug-likeness (QED) is 0.414. The van der Waals surface area contributed by atoms with Gasteiger partial charge in [-0.3, -0.25) is 8.98 Å². The van der Waals surface area contributed by atoms with Gasteiger partial charge in [0, 0.05) is 6.61 Å². The molecule has 0 amide bonds. The average molecular weight is 236 g/mol. The van der Waals surface area contributed by atoms with Crippen LogP contribution in [0.4, 0.5) is 0 Å². The van der Waals surface area contributed by atoms with E-state index in [4.69, 9.17) is 10.2 Å². The van der Waals surface area contributed by atoms with E-state index in [1.807, 2.05) is 0 Å². The molecule has 2 N–H and O–H groups in total. The molecule has 80 valence electrons. The molecule has 0 aliphatic rings. The monoisotopic (exact) mass is 236 g/mol. The van der Waals surface area contributed by atoms with Crippen molar-refractivity contribution in [3.8, 4) is 0 Å². The van der Waals surface area contributed by atoms with E-state index in [2.05, 4.69) is 4.18 Å². The van der Waals surface area contributed by atoms with Crippen LogP contribution in [0, 0.1) is 0 Å². The van der Waals surface area contributed by atoms with Gasteiger partial charge in [0.1, 0.15) is 0 Å². The fourth-order valence-corrected chi connectivity index (χ4v) is 1.49. The molecule has 0 saturated heterocycles. The number of rotatable bonds is 7. The molecule has 14 heavy (non-hydrogen) atoms. The number of carboxylic acid groups (broad SMARTS) is 1. The van der Waals surface area contributed by atoms with Crippen LogP contribution in [0.3, 0.4) is 0 Å². The second-order valence-corrected chi connectivity index (χ2v) is 4.06. The molecule has 0 heterocycles. The normalized spacial score (nSPS) is 10.6. The van der Waals surface area contributed by atoms with Gasteiger partial charge >= 0.3 is 35.5 Å². The van der Waals surface area contributed by atoms with Crippen molar-refractivity contribution in [2.45, 2.75) is 12.8 Å². The van der Waals surface area contributed by atoms with E-state index in [1.54, 1.807) is 0 Å². The SMILES string of the molecule is O=C(O)CCOS(=O)(=O)CCCO.[NaH]. The van der Waals surface area contributed by atoms with Crippen molar-refractivity contribution >= 4 is 45.6 Å². The van der Waals surface area contributed by atoms with Crippen LogP contribution in [0.2, 0.25) is 0 Å². The van der Waals surface area contributed by atoms with Crippen LogP contribution in [0.5, 0.6) is 0 Å². The fourth-order valence-electron chi connectivity index (χ4n) is 0.556. The van der Waals surface area contributed by atoms with Crippen LogP contribution in [0.15, 0.2) is 0 Å². The Morgan fingerprint density at radius 3 is 2.36 bits per heavy atom. The molecule has 0 bridgehead atoms. The Kier molecular flexibility index (Phi) is 10.3. The van der Waals surface area contributed by atoms with E-state index in [0.29, 0.717) is 0 Å². The summed E-state index contributed by atoms with van der Waals surface area (Å²) in [5.41, 5.74) is 0. The molecule has 0 aromatic carbocycles. The Morgan fingerprint density at radius 2 is 1.93 bits per heavy atom. The van der Waals surface area contributed by atoms with E-state index >= 15 is 0 Å². The van der Waals surface area contributed by atoms with Crippen LogP contribution >= 0.6 is 0 Å². The van der Waals surface area contributed by atoms with E-state index in [9.17, 15) is 13.2 Å². The van der Waals surface area contributed by atoms with Crippen molar-refractivity contribution in [3.05, 3.63) is 0 Å². The first-order valence-corrected chi connectivity index (χ1v) is 5.25. The Hall–Kier alpha value is 0.340. The summed E-state index contributed by atoms with van der Waals surface area (Å²) in [5.74, 6) is -1.40. The number of aliphatic hydroxyl groups is 1. The van der Waals surface area contributed by atoms with Crippen LogP contribution in [0.25, 0.3) is 0 Å². The predicted molar refractivity (Wildman–Crippen MR) is 50.8 cm³/mol. The zero-order valence-electron chi connectivity index (χ0n) is 6.97. The molecular formula is C6H13NaO6S. The number of aliphatic carboxylic acids is 1. The second kappa shape index (κ2) is 8.63. The van der Waals surface area contributed by atoms with Gasteiger partial charge in [0.05, 0.1) is 18.8 Å². The van der Waals surface area contributed by atoms with Crippen molar-refractivity contribution in [1.29, 1.82) is 0 Å². The van der Waals surface area contributed by atoms with Gasteiger partial charge in [-0.05, 0) is 6.42 Å². The summed E-state index contributed by atoms with van der Waals surface area (Å²) in [7, 11) is -3.66. The Labute approximate surface area is 105 Å². The minimum absolute atomic E-state index is 0. The van der Waals surface area contributed by atoms with Crippen molar-refractivity contribution in [2.75, 3.05) is 19.0 Å². The number of carboxylic acids is 1. The number of aliphatic hydroxyl groups excluding tert-OH is 1. The van der Waals surface area contributed by atoms with Gasteiger partial charge in [0.25, 0.3) is 10.1 Å². The van der Waals surface area contributed by atoms with Gasteiger partial charge in [-0.15, -0.1) is 0 Å². The van der Waals surface area contributed by atoms with E-state index < -0.39 is 16.1 Å². The molecule has 0 rings (SSSR count).